The molecule has 1 heterocycles. The van der Waals surface area contributed by atoms with E-state index in [1.54, 1.807) is 7.11 Å². The fourth-order valence-corrected chi connectivity index (χ4v) is 2.18. The standard InChI is InChI=1S/C11H14ClNO/c1-13-6-5-8-3-4-10(12)11(14-2)9(8)7-13/h3-4H,5-7H2,1-2H3. The molecule has 0 aromatic heterocycles. The molecule has 2 rings (SSSR count). The normalized spacial score (nSPS) is 16.5. The summed E-state index contributed by atoms with van der Waals surface area (Å²) in [7, 11) is 3.79. The van der Waals surface area contributed by atoms with Gasteiger partial charge in [0.2, 0.25) is 0 Å². The van der Waals surface area contributed by atoms with Gasteiger partial charge in [-0.2, -0.15) is 0 Å². The van der Waals surface area contributed by atoms with Crippen molar-refractivity contribution in [1.82, 2.24) is 4.90 Å². The van der Waals surface area contributed by atoms with E-state index in [1.807, 2.05) is 6.07 Å². The molecule has 2 nitrogen and oxygen atoms in total. The first kappa shape index (κ1) is 9.81. The molecule has 0 fully saturated rings. The number of ether oxygens (including phenoxy) is 1. The Morgan fingerprint density at radius 1 is 1.43 bits per heavy atom. The number of halogens is 1. The molecule has 0 aliphatic carbocycles. The zero-order valence-electron chi connectivity index (χ0n) is 8.51. The first-order chi connectivity index (χ1) is 6.72. The molecule has 0 saturated heterocycles. The second-order valence-electron chi connectivity index (χ2n) is 3.71. The minimum atomic E-state index is 0.710. The average molecular weight is 212 g/mol. The molecule has 0 spiro atoms. The maximum absolute atomic E-state index is 6.07. The third-order valence-electron chi connectivity index (χ3n) is 2.70. The highest BCUT2D eigenvalue weighted by Gasteiger charge is 2.18. The molecule has 76 valence electrons. The van der Waals surface area contributed by atoms with E-state index in [9.17, 15) is 0 Å². The molecule has 0 bridgehead atoms. The van der Waals surface area contributed by atoms with Crippen molar-refractivity contribution in [2.75, 3.05) is 20.7 Å². The fraction of sp³-hybridized carbons (Fsp3) is 0.455. The van der Waals surface area contributed by atoms with Gasteiger partial charge in [-0.15, -0.1) is 0 Å². The highest BCUT2D eigenvalue weighted by Crippen LogP contribution is 2.34. The van der Waals surface area contributed by atoms with Gasteiger partial charge in [-0.05, 0) is 25.1 Å². The molecule has 1 aromatic carbocycles. The van der Waals surface area contributed by atoms with Crippen LogP contribution in [0.2, 0.25) is 5.02 Å². The third kappa shape index (κ3) is 1.60. The van der Waals surface area contributed by atoms with Gasteiger partial charge in [-0.25, -0.2) is 0 Å². The van der Waals surface area contributed by atoms with Gasteiger partial charge >= 0.3 is 0 Å². The molecule has 1 aliphatic heterocycles. The number of rotatable bonds is 1. The first-order valence-electron chi connectivity index (χ1n) is 4.75. The van der Waals surface area contributed by atoms with Crippen LogP contribution in [0.25, 0.3) is 0 Å². The largest absolute Gasteiger partial charge is 0.495 e. The number of hydrogen-bond acceptors (Lipinski definition) is 2. The van der Waals surface area contributed by atoms with Crippen molar-refractivity contribution in [2.24, 2.45) is 0 Å². The van der Waals surface area contributed by atoms with E-state index in [1.165, 1.54) is 11.1 Å². The Morgan fingerprint density at radius 2 is 2.21 bits per heavy atom. The van der Waals surface area contributed by atoms with Gasteiger partial charge in [0.25, 0.3) is 0 Å². The molecular weight excluding hydrogens is 198 g/mol. The lowest BCUT2D eigenvalue weighted by Gasteiger charge is -2.26. The number of hydrogen-bond donors (Lipinski definition) is 0. The maximum Gasteiger partial charge on any atom is 0.142 e. The molecule has 14 heavy (non-hydrogen) atoms. The van der Waals surface area contributed by atoms with E-state index in [2.05, 4.69) is 18.0 Å². The summed E-state index contributed by atoms with van der Waals surface area (Å²) in [5, 5.41) is 0.710. The number of nitrogens with zero attached hydrogens (tertiary/aromatic N) is 1. The van der Waals surface area contributed by atoms with Gasteiger partial charge in [0.05, 0.1) is 12.1 Å². The van der Waals surface area contributed by atoms with Crippen molar-refractivity contribution in [1.29, 1.82) is 0 Å². The third-order valence-corrected chi connectivity index (χ3v) is 3.00. The SMILES string of the molecule is COc1c(Cl)ccc2c1CN(C)CC2. The second-order valence-corrected chi connectivity index (χ2v) is 4.11. The Bertz CT molecular complexity index is 351. The van der Waals surface area contributed by atoms with Gasteiger partial charge in [0.1, 0.15) is 5.75 Å². The second kappa shape index (κ2) is 3.79. The predicted octanol–water partition coefficient (Wildman–Crippen LogP) is 2.34. The molecule has 0 unspecified atom stereocenters. The van der Waals surface area contributed by atoms with E-state index in [-0.39, 0.29) is 0 Å². The van der Waals surface area contributed by atoms with Crippen LogP contribution >= 0.6 is 11.6 Å². The van der Waals surface area contributed by atoms with Crippen LogP contribution in [0.5, 0.6) is 5.75 Å². The summed E-state index contributed by atoms with van der Waals surface area (Å²) in [6.07, 6.45) is 1.08. The number of benzene rings is 1. The molecule has 0 amide bonds. The van der Waals surface area contributed by atoms with Crippen molar-refractivity contribution in [3.63, 3.8) is 0 Å². The Balaban J connectivity index is 2.49. The molecule has 1 aliphatic rings. The summed E-state index contributed by atoms with van der Waals surface area (Å²) in [5.74, 6) is 0.843. The number of methoxy groups -OCH3 is 1. The van der Waals surface area contributed by atoms with E-state index < -0.39 is 0 Å². The fourth-order valence-electron chi connectivity index (χ4n) is 1.93. The lowest BCUT2D eigenvalue weighted by atomic mass is 9.99. The maximum atomic E-state index is 6.07. The van der Waals surface area contributed by atoms with Gasteiger partial charge in [-0.3, -0.25) is 0 Å². The average Bonchev–Trinajstić information content (AvgIpc) is 2.17. The summed E-state index contributed by atoms with van der Waals surface area (Å²) < 4.78 is 5.33. The Hall–Kier alpha value is -0.730. The Kier molecular flexibility index (Phi) is 2.66. The van der Waals surface area contributed by atoms with Crippen molar-refractivity contribution in [3.05, 3.63) is 28.3 Å². The van der Waals surface area contributed by atoms with Crippen LogP contribution in [-0.2, 0) is 13.0 Å². The van der Waals surface area contributed by atoms with Crippen LogP contribution in [0.1, 0.15) is 11.1 Å². The summed E-state index contributed by atoms with van der Waals surface area (Å²) in [6, 6.07) is 4.03. The van der Waals surface area contributed by atoms with Gasteiger partial charge in [-0.1, -0.05) is 17.7 Å². The van der Waals surface area contributed by atoms with Crippen molar-refractivity contribution in [2.45, 2.75) is 13.0 Å². The smallest absolute Gasteiger partial charge is 0.142 e. The minimum Gasteiger partial charge on any atom is -0.495 e. The van der Waals surface area contributed by atoms with E-state index in [4.69, 9.17) is 16.3 Å². The van der Waals surface area contributed by atoms with Crippen LogP contribution in [0.15, 0.2) is 12.1 Å². The molecule has 0 radical (unpaired) electrons. The topological polar surface area (TPSA) is 12.5 Å². The zero-order chi connectivity index (χ0) is 10.1. The van der Waals surface area contributed by atoms with Gasteiger partial charge < -0.3 is 9.64 Å². The van der Waals surface area contributed by atoms with Gasteiger partial charge in [0, 0.05) is 18.7 Å². The van der Waals surface area contributed by atoms with Gasteiger partial charge in [0.15, 0.2) is 0 Å². The summed E-state index contributed by atoms with van der Waals surface area (Å²) in [6.45, 7) is 2.04. The Morgan fingerprint density at radius 3 is 2.93 bits per heavy atom. The summed E-state index contributed by atoms with van der Waals surface area (Å²) in [4.78, 5) is 2.28. The zero-order valence-corrected chi connectivity index (χ0v) is 9.27. The quantitative estimate of drug-likeness (QED) is 0.707. The summed E-state index contributed by atoms with van der Waals surface area (Å²) in [5.41, 5.74) is 2.61. The first-order valence-corrected chi connectivity index (χ1v) is 5.13. The van der Waals surface area contributed by atoms with Crippen molar-refractivity contribution < 1.29 is 4.74 Å². The highest BCUT2D eigenvalue weighted by molar-refractivity contribution is 6.32. The van der Waals surface area contributed by atoms with Crippen LogP contribution in [0, 0.1) is 0 Å². The lowest BCUT2D eigenvalue weighted by molar-refractivity contribution is 0.302. The van der Waals surface area contributed by atoms with E-state index in [0.29, 0.717) is 5.02 Å². The van der Waals surface area contributed by atoms with Crippen LogP contribution < -0.4 is 4.74 Å². The molecule has 0 N–H and O–H groups in total. The predicted molar refractivity (Wildman–Crippen MR) is 58.0 cm³/mol. The highest BCUT2D eigenvalue weighted by atomic mass is 35.5. The summed E-state index contributed by atoms with van der Waals surface area (Å²) >= 11 is 6.07. The van der Waals surface area contributed by atoms with Crippen LogP contribution in [0.3, 0.4) is 0 Å². The molecule has 0 saturated carbocycles. The van der Waals surface area contributed by atoms with Crippen LogP contribution in [-0.4, -0.2) is 25.6 Å². The van der Waals surface area contributed by atoms with Crippen LogP contribution in [0.4, 0.5) is 0 Å². The monoisotopic (exact) mass is 211 g/mol. The molecular formula is C11H14ClNO. The number of fused-ring (bicyclic) bond motifs is 1. The van der Waals surface area contributed by atoms with E-state index in [0.717, 1.165) is 25.3 Å². The number of likely N-dealkylation sites (N-methyl/N-ethyl adjacent to an activating group) is 1. The minimum absolute atomic E-state index is 0.710. The van der Waals surface area contributed by atoms with Crippen molar-refractivity contribution in [3.8, 4) is 5.75 Å². The van der Waals surface area contributed by atoms with E-state index >= 15 is 0 Å². The molecule has 0 atom stereocenters. The molecule has 3 heteroatoms. The molecule has 1 aromatic rings. The Labute approximate surface area is 89.4 Å². The van der Waals surface area contributed by atoms with Crippen molar-refractivity contribution >= 4 is 11.6 Å². The lowest BCUT2D eigenvalue weighted by Crippen LogP contribution is -2.26.